The number of aliphatic hydroxyl groups is 1. The van der Waals surface area contributed by atoms with Crippen LogP contribution in [0.3, 0.4) is 0 Å². The molecule has 0 aliphatic rings. The van der Waals surface area contributed by atoms with Crippen molar-refractivity contribution in [3.63, 3.8) is 0 Å². The molecule has 1 atom stereocenters. The van der Waals surface area contributed by atoms with Crippen LogP contribution in [0.2, 0.25) is 5.02 Å². The molecule has 0 aliphatic carbocycles. The van der Waals surface area contributed by atoms with Gasteiger partial charge in [0, 0.05) is 5.02 Å². The quantitative estimate of drug-likeness (QED) is 0.783. The summed E-state index contributed by atoms with van der Waals surface area (Å²) in [6.07, 6.45) is -1.25. The van der Waals surface area contributed by atoms with Crippen LogP contribution in [-0.2, 0) is 4.79 Å². The monoisotopic (exact) mass is 200 g/mol. The van der Waals surface area contributed by atoms with Crippen LogP contribution in [-0.4, -0.2) is 16.2 Å². The van der Waals surface area contributed by atoms with Crippen molar-refractivity contribution < 1.29 is 15.0 Å². The van der Waals surface area contributed by atoms with Crippen molar-refractivity contribution >= 4 is 17.6 Å². The summed E-state index contributed by atoms with van der Waals surface area (Å²) < 4.78 is 0. The summed E-state index contributed by atoms with van der Waals surface area (Å²) >= 11 is 5.62. The maximum atomic E-state index is 10.3. The predicted molar refractivity (Wildman–Crippen MR) is 48.7 cm³/mol. The van der Waals surface area contributed by atoms with E-state index in [4.69, 9.17) is 16.7 Å². The van der Waals surface area contributed by atoms with Gasteiger partial charge in [0.05, 0.1) is 12.5 Å². The van der Waals surface area contributed by atoms with Crippen LogP contribution in [0.15, 0.2) is 24.3 Å². The van der Waals surface area contributed by atoms with Crippen molar-refractivity contribution in [3.8, 4) is 0 Å². The molecule has 0 aromatic heterocycles. The molecule has 3 nitrogen and oxygen atoms in total. The fourth-order valence-corrected chi connectivity index (χ4v) is 1.09. The molecular weight excluding hydrogens is 192 g/mol. The molecule has 0 amide bonds. The molecule has 0 aliphatic heterocycles. The molecule has 2 N–H and O–H groups in total. The highest BCUT2D eigenvalue weighted by molar-refractivity contribution is 6.30. The zero-order chi connectivity index (χ0) is 9.84. The maximum Gasteiger partial charge on any atom is 0.306 e. The number of aliphatic carboxylic acids is 1. The van der Waals surface area contributed by atoms with E-state index in [9.17, 15) is 9.90 Å². The molecule has 1 aromatic rings. The molecule has 0 saturated carbocycles. The minimum atomic E-state index is -1.03. The van der Waals surface area contributed by atoms with Crippen LogP contribution in [0, 0.1) is 0 Å². The number of carboxylic acid groups (broad SMARTS) is 1. The van der Waals surface area contributed by atoms with E-state index in [1.807, 2.05) is 0 Å². The number of hydrogen-bond acceptors (Lipinski definition) is 2. The fourth-order valence-electron chi connectivity index (χ4n) is 0.968. The van der Waals surface area contributed by atoms with Gasteiger partial charge in [-0.05, 0) is 17.7 Å². The lowest BCUT2D eigenvalue weighted by Gasteiger charge is -2.07. The summed E-state index contributed by atoms with van der Waals surface area (Å²) in [5.41, 5.74) is 0.562. The first-order valence-corrected chi connectivity index (χ1v) is 4.12. The number of carboxylic acids is 1. The third kappa shape index (κ3) is 3.05. The van der Waals surface area contributed by atoms with Crippen LogP contribution in [0.5, 0.6) is 0 Å². The van der Waals surface area contributed by atoms with Gasteiger partial charge in [-0.3, -0.25) is 4.79 Å². The molecule has 13 heavy (non-hydrogen) atoms. The molecule has 1 aromatic carbocycles. The van der Waals surface area contributed by atoms with E-state index >= 15 is 0 Å². The third-order valence-corrected chi connectivity index (χ3v) is 1.87. The Morgan fingerprint density at radius 1 is 1.38 bits per heavy atom. The lowest BCUT2D eigenvalue weighted by molar-refractivity contribution is -0.139. The molecule has 0 fully saturated rings. The lowest BCUT2D eigenvalue weighted by atomic mass is 10.1. The van der Waals surface area contributed by atoms with Gasteiger partial charge in [-0.25, -0.2) is 0 Å². The number of rotatable bonds is 3. The molecule has 0 saturated heterocycles. The van der Waals surface area contributed by atoms with Gasteiger partial charge in [-0.15, -0.1) is 0 Å². The second-order valence-corrected chi connectivity index (χ2v) is 3.10. The van der Waals surface area contributed by atoms with Crippen molar-refractivity contribution in [1.82, 2.24) is 0 Å². The van der Waals surface area contributed by atoms with Crippen LogP contribution in [0.4, 0.5) is 0 Å². The Balaban J connectivity index is 2.71. The van der Waals surface area contributed by atoms with Crippen LogP contribution in [0.1, 0.15) is 18.1 Å². The van der Waals surface area contributed by atoms with Gasteiger partial charge >= 0.3 is 5.97 Å². The first kappa shape index (κ1) is 10.0. The van der Waals surface area contributed by atoms with Gasteiger partial charge in [0.15, 0.2) is 0 Å². The van der Waals surface area contributed by atoms with Gasteiger partial charge in [-0.1, -0.05) is 23.7 Å². The van der Waals surface area contributed by atoms with E-state index in [1.54, 1.807) is 24.3 Å². The molecule has 1 rings (SSSR count). The summed E-state index contributed by atoms with van der Waals surface area (Å²) in [4.78, 5) is 10.3. The zero-order valence-electron chi connectivity index (χ0n) is 6.77. The Bertz CT molecular complexity index is 294. The number of carbonyl (C=O) groups is 1. The second-order valence-electron chi connectivity index (χ2n) is 2.67. The normalized spacial score (nSPS) is 12.5. The van der Waals surface area contributed by atoms with E-state index in [2.05, 4.69) is 0 Å². The molecule has 0 spiro atoms. The minimum absolute atomic E-state index is 0.290. The first-order valence-electron chi connectivity index (χ1n) is 3.75. The Kier molecular flexibility index (Phi) is 3.28. The van der Waals surface area contributed by atoms with E-state index < -0.39 is 12.1 Å². The highest BCUT2D eigenvalue weighted by Crippen LogP contribution is 2.18. The lowest BCUT2D eigenvalue weighted by Crippen LogP contribution is -2.04. The Hall–Kier alpha value is -1.06. The highest BCUT2D eigenvalue weighted by Gasteiger charge is 2.11. The van der Waals surface area contributed by atoms with E-state index in [0.717, 1.165) is 0 Å². The van der Waals surface area contributed by atoms with Crippen molar-refractivity contribution in [3.05, 3.63) is 34.9 Å². The third-order valence-electron chi connectivity index (χ3n) is 1.62. The summed E-state index contributed by atoms with van der Waals surface area (Å²) in [6, 6.07) is 6.44. The predicted octanol–water partition coefficient (Wildman–Crippen LogP) is 1.85. The first-order chi connectivity index (χ1) is 6.09. The van der Waals surface area contributed by atoms with Gasteiger partial charge in [0.1, 0.15) is 0 Å². The van der Waals surface area contributed by atoms with Crippen molar-refractivity contribution in [2.45, 2.75) is 12.5 Å². The van der Waals surface area contributed by atoms with E-state index in [1.165, 1.54) is 0 Å². The minimum Gasteiger partial charge on any atom is -0.481 e. The summed E-state index contributed by atoms with van der Waals surface area (Å²) in [7, 11) is 0. The van der Waals surface area contributed by atoms with Crippen LogP contribution < -0.4 is 0 Å². The van der Waals surface area contributed by atoms with Crippen molar-refractivity contribution in [1.29, 1.82) is 0 Å². The van der Waals surface area contributed by atoms with Gasteiger partial charge < -0.3 is 10.2 Å². The Morgan fingerprint density at radius 3 is 2.38 bits per heavy atom. The summed E-state index contributed by atoms with van der Waals surface area (Å²) in [6.45, 7) is 0. The second kappa shape index (κ2) is 4.25. The SMILES string of the molecule is O=C(O)CC(O)c1ccc(Cl)cc1. The molecule has 0 bridgehead atoms. The van der Waals surface area contributed by atoms with Gasteiger partial charge in [0.2, 0.25) is 0 Å². The molecule has 0 radical (unpaired) electrons. The van der Waals surface area contributed by atoms with E-state index in [-0.39, 0.29) is 6.42 Å². The largest absolute Gasteiger partial charge is 0.481 e. The number of aliphatic hydroxyl groups excluding tert-OH is 1. The van der Waals surface area contributed by atoms with Crippen LogP contribution in [0.25, 0.3) is 0 Å². The molecule has 70 valence electrons. The number of benzene rings is 1. The van der Waals surface area contributed by atoms with E-state index in [0.29, 0.717) is 10.6 Å². The molecule has 4 heteroatoms. The average Bonchev–Trinajstić information content (AvgIpc) is 2.04. The van der Waals surface area contributed by atoms with Crippen LogP contribution >= 0.6 is 11.6 Å². The van der Waals surface area contributed by atoms with Gasteiger partial charge in [-0.2, -0.15) is 0 Å². The smallest absolute Gasteiger partial charge is 0.306 e. The number of hydrogen-bond donors (Lipinski definition) is 2. The summed E-state index contributed by atoms with van der Waals surface area (Å²) in [5, 5.41) is 18.3. The molecule has 1 unspecified atom stereocenters. The van der Waals surface area contributed by atoms with Crippen molar-refractivity contribution in [2.75, 3.05) is 0 Å². The summed E-state index contributed by atoms with van der Waals surface area (Å²) in [5.74, 6) is -1.03. The number of halogens is 1. The Morgan fingerprint density at radius 2 is 1.92 bits per heavy atom. The zero-order valence-corrected chi connectivity index (χ0v) is 7.53. The Labute approximate surface area is 80.6 Å². The average molecular weight is 201 g/mol. The highest BCUT2D eigenvalue weighted by atomic mass is 35.5. The maximum absolute atomic E-state index is 10.3. The molecule has 0 heterocycles. The molecular formula is C9H9ClO3. The standard InChI is InChI=1S/C9H9ClO3/c10-7-3-1-6(2-4-7)8(11)5-9(12)13/h1-4,8,11H,5H2,(H,12,13). The van der Waals surface area contributed by atoms with Gasteiger partial charge in [0.25, 0.3) is 0 Å². The fraction of sp³-hybridized carbons (Fsp3) is 0.222. The topological polar surface area (TPSA) is 57.5 Å². The van der Waals surface area contributed by atoms with Crippen molar-refractivity contribution in [2.24, 2.45) is 0 Å².